The topological polar surface area (TPSA) is 194 Å². The predicted molar refractivity (Wildman–Crippen MR) is 135 cm³/mol. The van der Waals surface area contributed by atoms with Crippen molar-refractivity contribution in [2.45, 2.75) is 18.4 Å². The Morgan fingerprint density at radius 1 is 1.22 bits per heavy atom. The van der Waals surface area contributed by atoms with Crippen molar-refractivity contribution in [3.8, 4) is 5.75 Å². The molecule has 1 atom stereocenters. The molecule has 0 radical (unpaired) electrons. The van der Waals surface area contributed by atoms with E-state index in [1.807, 2.05) is 0 Å². The summed E-state index contributed by atoms with van der Waals surface area (Å²) in [5.41, 5.74) is -2.22. The summed E-state index contributed by atoms with van der Waals surface area (Å²) in [4.78, 5) is 61.8. The highest BCUT2D eigenvalue weighted by molar-refractivity contribution is 7.71. The fraction of sp³-hybridized carbons (Fsp3) is 0.350. The SMILES string of the molecule is COc1ccc(NC(=O)C2CCCN(c3nc(NC(P(=O)(O)O)P(=O)(O)O)c4ccsc4n3)C2)cc1F. The molecule has 13 nitrogen and oxygen atoms in total. The van der Waals surface area contributed by atoms with Gasteiger partial charge in [0.2, 0.25) is 17.4 Å². The van der Waals surface area contributed by atoms with Crippen molar-refractivity contribution in [1.82, 2.24) is 9.97 Å². The number of carbonyl (C=O) groups is 1. The Balaban J connectivity index is 1.57. The maximum atomic E-state index is 14.0. The molecule has 1 aliphatic rings. The molecule has 1 unspecified atom stereocenters. The molecule has 6 N–H and O–H groups in total. The number of rotatable bonds is 8. The number of halogens is 1. The summed E-state index contributed by atoms with van der Waals surface area (Å²) in [7, 11) is -9.20. The Labute approximate surface area is 214 Å². The number of anilines is 3. The number of benzene rings is 1. The van der Waals surface area contributed by atoms with E-state index in [1.54, 1.807) is 16.3 Å². The van der Waals surface area contributed by atoms with Crippen molar-refractivity contribution in [2.24, 2.45) is 5.92 Å². The summed E-state index contributed by atoms with van der Waals surface area (Å²) >= 11 is 1.20. The molecule has 0 saturated carbocycles. The van der Waals surface area contributed by atoms with Gasteiger partial charge in [-0.3, -0.25) is 13.9 Å². The van der Waals surface area contributed by atoms with Gasteiger partial charge in [-0.1, -0.05) is 0 Å². The van der Waals surface area contributed by atoms with Crippen LogP contribution in [-0.4, -0.2) is 61.2 Å². The third kappa shape index (κ3) is 6.27. The Morgan fingerprint density at radius 2 is 1.95 bits per heavy atom. The van der Waals surface area contributed by atoms with Crippen LogP contribution in [0.1, 0.15) is 12.8 Å². The van der Waals surface area contributed by atoms with Gasteiger partial charge in [-0.15, -0.1) is 11.3 Å². The van der Waals surface area contributed by atoms with Crippen LogP contribution in [0.25, 0.3) is 10.2 Å². The highest BCUT2D eigenvalue weighted by Gasteiger charge is 2.44. The van der Waals surface area contributed by atoms with Crippen molar-refractivity contribution in [1.29, 1.82) is 0 Å². The minimum atomic E-state index is -5.27. The number of methoxy groups -OCH3 is 1. The van der Waals surface area contributed by atoms with Gasteiger partial charge in [-0.25, -0.2) is 9.37 Å². The molecule has 37 heavy (non-hydrogen) atoms. The Morgan fingerprint density at radius 3 is 2.59 bits per heavy atom. The third-order valence-electron chi connectivity index (χ3n) is 5.71. The van der Waals surface area contributed by atoms with E-state index < -0.39 is 32.5 Å². The minimum Gasteiger partial charge on any atom is -0.494 e. The molecule has 1 aromatic carbocycles. The van der Waals surface area contributed by atoms with Gasteiger partial charge in [0.1, 0.15) is 10.6 Å². The van der Waals surface area contributed by atoms with Crippen molar-refractivity contribution in [3.63, 3.8) is 0 Å². The number of hydrogen-bond donors (Lipinski definition) is 6. The number of nitrogens with zero attached hydrogens (tertiary/aromatic N) is 3. The molecule has 0 bridgehead atoms. The van der Waals surface area contributed by atoms with Crippen LogP contribution in [0.15, 0.2) is 29.6 Å². The molecule has 1 aliphatic heterocycles. The van der Waals surface area contributed by atoms with Crippen LogP contribution >= 0.6 is 26.5 Å². The molecule has 3 aromatic rings. The largest absolute Gasteiger partial charge is 0.494 e. The Bertz CT molecular complexity index is 1390. The predicted octanol–water partition coefficient (Wildman–Crippen LogP) is 2.75. The zero-order chi connectivity index (χ0) is 27.0. The lowest BCUT2D eigenvalue weighted by Gasteiger charge is -2.32. The molecular formula is C20H24FN5O8P2S. The normalized spacial score (nSPS) is 16.7. The molecule has 2 aromatic heterocycles. The van der Waals surface area contributed by atoms with E-state index >= 15 is 0 Å². The smallest absolute Gasteiger partial charge is 0.360 e. The zero-order valence-corrected chi connectivity index (χ0v) is 21.9. The standard InChI is InChI=1S/C20H24FN5O8P2S/c1-34-15-5-4-12(9-14(15)21)22-17(27)11-3-2-7-26(10-11)19-23-16(13-6-8-37-18(13)25-19)24-20(35(28,29)30)36(31,32)33/h4-6,8-9,11,20H,2-3,7,10H2,1H3,(H,22,27)(H,23,24,25)(H2,28,29,30)(H2,31,32,33). The van der Waals surface area contributed by atoms with Crippen molar-refractivity contribution < 1.29 is 42.6 Å². The molecule has 200 valence electrons. The molecule has 1 saturated heterocycles. The summed E-state index contributed by atoms with van der Waals surface area (Å²) in [6.45, 7) is 0.666. The summed E-state index contributed by atoms with van der Waals surface area (Å²) in [6.07, 6.45) is 1.14. The van der Waals surface area contributed by atoms with Gasteiger partial charge in [0.15, 0.2) is 11.6 Å². The number of carbonyl (C=O) groups excluding carboxylic acids is 1. The minimum absolute atomic E-state index is 0.0483. The number of nitrogens with one attached hydrogen (secondary N) is 2. The number of ether oxygens (including phenoxy) is 1. The summed E-state index contributed by atoms with van der Waals surface area (Å²) in [5, 5.41) is 6.89. The van der Waals surface area contributed by atoms with Crippen molar-refractivity contribution >= 4 is 60.1 Å². The van der Waals surface area contributed by atoms with E-state index in [2.05, 4.69) is 20.6 Å². The second-order valence-electron chi connectivity index (χ2n) is 8.33. The average Bonchev–Trinajstić information content (AvgIpc) is 3.30. The summed E-state index contributed by atoms with van der Waals surface area (Å²) in [6, 6.07) is 5.63. The molecule has 4 rings (SSSR count). The van der Waals surface area contributed by atoms with Gasteiger partial charge in [-0.2, -0.15) is 4.98 Å². The highest BCUT2D eigenvalue weighted by Crippen LogP contribution is 2.59. The van der Waals surface area contributed by atoms with E-state index in [9.17, 15) is 37.9 Å². The molecule has 0 aliphatic carbocycles. The Hall–Kier alpha value is -2.64. The second kappa shape index (κ2) is 10.6. The van der Waals surface area contributed by atoms with Crippen LogP contribution < -0.4 is 20.3 Å². The molecule has 1 fully saturated rings. The zero-order valence-electron chi connectivity index (χ0n) is 19.3. The van der Waals surface area contributed by atoms with Gasteiger partial charge in [0.25, 0.3) is 0 Å². The quantitative estimate of drug-likeness (QED) is 0.215. The molecule has 1 amide bonds. The number of thiophene rings is 1. The van der Waals surface area contributed by atoms with Gasteiger partial charge < -0.3 is 39.8 Å². The summed E-state index contributed by atoms with van der Waals surface area (Å²) in [5.74, 6) is -1.44. The van der Waals surface area contributed by atoms with E-state index in [0.717, 1.165) is 6.07 Å². The lowest BCUT2D eigenvalue weighted by molar-refractivity contribution is -0.120. The van der Waals surface area contributed by atoms with Gasteiger partial charge in [0.05, 0.1) is 18.4 Å². The first-order valence-corrected chi connectivity index (χ1v) is 15.1. The first kappa shape index (κ1) is 27.4. The number of fused-ring (bicyclic) bond motifs is 1. The highest BCUT2D eigenvalue weighted by atomic mass is 32.1. The number of aromatic nitrogens is 2. The molecule has 17 heteroatoms. The van der Waals surface area contributed by atoms with E-state index in [4.69, 9.17) is 4.74 Å². The van der Waals surface area contributed by atoms with E-state index in [-0.39, 0.29) is 35.7 Å². The van der Waals surface area contributed by atoms with Crippen LogP contribution in [0.5, 0.6) is 5.75 Å². The van der Waals surface area contributed by atoms with Gasteiger partial charge >= 0.3 is 15.2 Å². The van der Waals surface area contributed by atoms with Gasteiger partial charge in [0, 0.05) is 24.8 Å². The monoisotopic (exact) mass is 575 g/mol. The first-order chi connectivity index (χ1) is 17.4. The lowest BCUT2D eigenvalue weighted by Crippen LogP contribution is -2.41. The second-order valence-corrected chi connectivity index (χ2v) is 13.0. The van der Waals surface area contributed by atoms with Crippen molar-refractivity contribution in [3.05, 3.63) is 35.5 Å². The summed E-state index contributed by atoms with van der Waals surface area (Å²) < 4.78 is 42.4. The lowest BCUT2D eigenvalue weighted by atomic mass is 9.97. The molecule has 0 spiro atoms. The van der Waals surface area contributed by atoms with Crippen LogP contribution in [-0.2, 0) is 13.9 Å². The van der Waals surface area contributed by atoms with Crippen LogP contribution in [0.2, 0.25) is 0 Å². The number of piperidine rings is 1. The Kier molecular flexibility index (Phi) is 7.86. The third-order valence-corrected chi connectivity index (χ3v) is 9.85. The maximum Gasteiger partial charge on any atom is 0.360 e. The van der Waals surface area contributed by atoms with Gasteiger partial charge in [-0.05, 0) is 36.4 Å². The number of amides is 1. The maximum absolute atomic E-state index is 14.0. The van der Waals surface area contributed by atoms with Crippen LogP contribution in [0, 0.1) is 11.7 Å². The van der Waals surface area contributed by atoms with Crippen LogP contribution in [0.4, 0.5) is 21.8 Å². The van der Waals surface area contributed by atoms with E-state index in [1.165, 1.54) is 30.6 Å². The average molecular weight is 575 g/mol. The number of hydrogen-bond acceptors (Lipinski definition) is 9. The molecular weight excluding hydrogens is 551 g/mol. The fourth-order valence-electron chi connectivity index (χ4n) is 3.94. The van der Waals surface area contributed by atoms with Crippen molar-refractivity contribution in [2.75, 3.05) is 35.7 Å². The fourth-order valence-corrected chi connectivity index (χ4v) is 6.85. The first-order valence-electron chi connectivity index (χ1n) is 10.9. The molecule has 3 heterocycles. The van der Waals surface area contributed by atoms with Crippen LogP contribution in [0.3, 0.4) is 0 Å². The van der Waals surface area contributed by atoms with E-state index in [0.29, 0.717) is 29.6 Å².